The number of sulfonamides is 1. The molecule has 0 aromatic carbocycles. The summed E-state index contributed by atoms with van der Waals surface area (Å²) in [5.74, 6) is 2.00. The summed E-state index contributed by atoms with van der Waals surface area (Å²) in [5, 5.41) is 5.01. The van der Waals surface area contributed by atoms with Gasteiger partial charge in [-0.2, -0.15) is 0 Å². The molecule has 92 valence electrons. The SMILES string of the molecule is NS(=O)(=O)COC12CC3CC(CC(C3)C1)C2. The number of ether oxygens (including phenoxy) is 1. The van der Waals surface area contributed by atoms with Crippen LogP contribution in [0.15, 0.2) is 0 Å². The van der Waals surface area contributed by atoms with Crippen molar-refractivity contribution >= 4 is 10.0 Å². The molecule has 4 bridgehead atoms. The van der Waals surface area contributed by atoms with E-state index in [9.17, 15) is 8.42 Å². The Kier molecular flexibility index (Phi) is 2.36. The molecule has 0 aromatic heterocycles. The Labute approximate surface area is 96.6 Å². The summed E-state index contributed by atoms with van der Waals surface area (Å²) in [6, 6.07) is 0. The van der Waals surface area contributed by atoms with Gasteiger partial charge >= 0.3 is 0 Å². The summed E-state index contributed by atoms with van der Waals surface area (Å²) in [5.41, 5.74) is -0.152. The normalized spacial score (nSPS) is 46.2. The van der Waals surface area contributed by atoms with Crippen molar-refractivity contribution in [2.75, 3.05) is 5.94 Å². The molecule has 4 aliphatic carbocycles. The van der Waals surface area contributed by atoms with Gasteiger partial charge in [-0.1, -0.05) is 0 Å². The van der Waals surface area contributed by atoms with Crippen molar-refractivity contribution in [3.05, 3.63) is 0 Å². The summed E-state index contributed by atoms with van der Waals surface area (Å²) in [6.45, 7) is 0. The zero-order valence-corrected chi connectivity index (χ0v) is 10.2. The molecule has 0 amide bonds. The maximum absolute atomic E-state index is 11.0. The molecule has 0 spiro atoms. The molecule has 4 rings (SSSR count). The van der Waals surface area contributed by atoms with E-state index in [-0.39, 0.29) is 11.5 Å². The fourth-order valence-corrected chi connectivity index (χ4v) is 4.83. The van der Waals surface area contributed by atoms with Crippen molar-refractivity contribution in [3.8, 4) is 0 Å². The second-order valence-electron chi connectivity index (χ2n) is 6.03. The first-order valence-corrected chi connectivity index (χ1v) is 7.80. The lowest BCUT2D eigenvalue weighted by molar-refractivity contribution is -0.151. The topological polar surface area (TPSA) is 69.4 Å². The van der Waals surface area contributed by atoms with E-state index < -0.39 is 10.0 Å². The third kappa shape index (κ3) is 2.00. The van der Waals surface area contributed by atoms with Crippen LogP contribution in [0.25, 0.3) is 0 Å². The standard InChI is InChI=1S/C11H19NO3S/c12-16(13,14)7-15-11-4-8-1-9(5-11)3-10(2-8)6-11/h8-10H,1-7H2,(H2,12,13,14). The largest absolute Gasteiger partial charge is 0.358 e. The highest BCUT2D eigenvalue weighted by Crippen LogP contribution is 2.57. The molecule has 5 heteroatoms. The van der Waals surface area contributed by atoms with Gasteiger partial charge in [0, 0.05) is 0 Å². The van der Waals surface area contributed by atoms with E-state index in [0.717, 1.165) is 37.0 Å². The summed E-state index contributed by atoms with van der Waals surface area (Å²) in [6.07, 6.45) is 7.14. The maximum atomic E-state index is 11.0. The molecular weight excluding hydrogens is 226 g/mol. The maximum Gasteiger partial charge on any atom is 0.233 e. The summed E-state index contributed by atoms with van der Waals surface area (Å²) in [7, 11) is -3.49. The second-order valence-corrected chi connectivity index (χ2v) is 7.59. The molecule has 0 unspecified atom stereocenters. The first-order chi connectivity index (χ1) is 7.44. The Morgan fingerprint density at radius 2 is 1.50 bits per heavy atom. The van der Waals surface area contributed by atoms with Crippen LogP contribution in [0.3, 0.4) is 0 Å². The summed E-state index contributed by atoms with van der Waals surface area (Å²) in [4.78, 5) is 0. The molecule has 4 nitrogen and oxygen atoms in total. The molecule has 0 atom stereocenters. The molecule has 0 radical (unpaired) electrons. The average molecular weight is 245 g/mol. The Balaban J connectivity index is 1.74. The molecule has 2 N–H and O–H groups in total. The van der Waals surface area contributed by atoms with Crippen molar-refractivity contribution in [2.24, 2.45) is 22.9 Å². The lowest BCUT2D eigenvalue weighted by Gasteiger charge is -2.56. The molecule has 0 aromatic rings. The molecule has 16 heavy (non-hydrogen) atoms. The van der Waals surface area contributed by atoms with Crippen LogP contribution in [0.1, 0.15) is 38.5 Å². The molecule has 4 saturated carbocycles. The molecule has 0 saturated heterocycles. The Bertz CT molecular complexity index is 355. The fraction of sp³-hybridized carbons (Fsp3) is 1.00. The van der Waals surface area contributed by atoms with E-state index in [1.807, 2.05) is 0 Å². The van der Waals surface area contributed by atoms with Crippen molar-refractivity contribution in [2.45, 2.75) is 44.1 Å². The van der Waals surface area contributed by atoms with Gasteiger partial charge < -0.3 is 4.74 Å². The van der Waals surface area contributed by atoms with E-state index in [4.69, 9.17) is 9.88 Å². The fourth-order valence-electron chi connectivity index (χ4n) is 4.42. The van der Waals surface area contributed by atoms with E-state index in [1.165, 1.54) is 19.3 Å². The number of nitrogens with two attached hydrogens (primary N) is 1. The average Bonchev–Trinajstić information content (AvgIpc) is 2.11. The van der Waals surface area contributed by atoms with Gasteiger partial charge in [-0.25, -0.2) is 13.6 Å². The monoisotopic (exact) mass is 245 g/mol. The van der Waals surface area contributed by atoms with Crippen molar-refractivity contribution in [3.63, 3.8) is 0 Å². The van der Waals surface area contributed by atoms with E-state index in [0.29, 0.717) is 0 Å². The first kappa shape index (κ1) is 11.0. The van der Waals surface area contributed by atoms with Crippen LogP contribution in [0.4, 0.5) is 0 Å². The van der Waals surface area contributed by atoms with Crippen LogP contribution < -0.4 is 5.14 Å². The highest BCUT2D eigenvalue weighted by atomic mass is 32.2. The number of hydrogen-bond donors (Lipinski definition) is 1. The first-order valence-electron chi connectivity index (χ1n) is 6.09. The lowest BCUT2D eigenvalue weighted by Crippen LogP contribution is -2.52. The molecule has 0 aliphatic heterocycles. The molecule has 4 fully saturated rings. The minimum atomic E-state index is -3.49. The Hall–Kier alpha value is -0.130. The highest BCUT2D eigenvalue weighted by Gasteiger charge is 2.51. The van der Waals surface area contributed by atoms with Gasteiger partial charge in [0.1, 0.15) is 0 Å². The van der Waals surface area contributed by atoms with E-state index in [2.05, 4.69) is 0 Å². The zero-order chi connectivity index (χ0) is 11.4. The van der Waals surface area contributed by atoms with E-state index >= 15 is 0 Å². The van der Waals surface area contributed by atoms with Crippen LogP contribution >= 0.6 is 0 Å². The Morgan fingerprint density at radius 3 is 1.88 bits per heavy atom. The van der Waals surface area contributed by atoms with Crippen LogP contribution in [-0.4, -0.2) is 20.0 Å². The minimum absolute atomic E-state index is 0.152. The summed E-state index contributed by atoms with van der Waals surface area (Å²) < 4.78 is 27.6. The predicted molar refractivity (Wildman–Crippen MR) is 60.0 cm³/mol. The summed E-state index contributed by atoms with van der Waals surface area (Å²) >= 11 is 0. The minimum Gasteiger partial charge on any atom is -0.358 e. The van der Waals surface area contributed by atoms with Gasteiger partial charge in [0.25, 0.3) is 0 Å². The highest BCUT2D eigenvalue weighted by molar-refractivity contribution is 7.88. The quantitative estimate of drug-likeness (QED) is 0.812. The van der Waals surface area contributed by atoms with Crippen LogP contribution in [0.5, 0.6) is 0 Å². The second kappa shape index (κ2) is 3.43. The number of hydrogen-bond acceptors (Lipinski definition) is 3. The number of rotatable bonds is 3. The molecule has 4 aliphatic rings. The zero-order valence-electron chi connectivity index (χ0n) is 9.39. The van der Waals surface area contributed by atoms with Crippen molar-refractivity contribution in [1.82, 2.24) is 0 Å². The van der Waals surface area contributed by atoms with Gasteiger partial charge in [0.05, 0.1) is 5.60 Å². The van der Waals surface area contributed by atoms with Crippen molar-refractivity contribution < 1.29 is 13.2 Å². The smallest absolute Gasteiger partial charge is 0.233 e. The predicted octanol–water partition coefficient (Wildman–Crippen LogP) is 1.22. The van der Waals surface area contributed by atoms with Gasteiger partial charge in [0.15, 0.2) is 5.94 Å². The van der Waals surface area contributed by atoms with Gasteiger partial charge in [0.2, 0.25) is 10.0 Å². The van der Waals surface area contributed by atoms with Gasteiger partial charge in [-0.3, -0.25) is 0 Å². The van der Waals surface area contributed by atoms with Gasteiger partial charge in [-0.15, -0.1) is 0 Å². The van der Waals surface area contributed by atoms with E-state index in [1.54, 1.807) is 0 Å². The molecule has 0 heterocycles. The lowest BCUT2D eigenvalue weighted by atomic mass is 9.54. The third-order valence-electron chi connectivity index (χ3n) is 4.51. The van der Waals surface area contributed by atoms with Crippen LogP contribution in [-0.2, 0) is 14.8 Å². The van der Waals surface area contributed by atoms with Crippen molar-refractivity contribution in [1.29, 1.82) is 0 Å². The van der Waals surface area contributed by atoms with Crippen LogP contribution in [0.2, 0.25) is 0 Å². The van der Waals surface area contributed by atoms with Gasteiger partial charge in [-0.05, 0) is 56.3 Å². The third-order valence-corrected chi connectivity index (χ3v) is 4.96. The number of primary sulfonamides is 1. The van der Waals surface area contributed by atoms with Crippen LogP contribution in [0, 0.1) is 17.8 Å². The molecular formula is C11H19NO3S. The Morgan fingerprint density at radius 1 is 1.06 bits per heavy atom.